The Morgan fingerprint density at radius 1 is 1.03 bits per heavy atom. The minimum Gasteiger partial charge on any atom is -0.455 e. The first-order valence-corrected chi connectivity index (χ1v) is 10.7. The third-order valence-electron chi connectivity index (χ3n) is 5.75. The molecular weight excluding hydrogens is 419 g/mol. The van der Waals surface area contributed by atoms with Gasteiger partial charge in [-0.2, -0.15) is 0 Å². The van der Waals surface area contributed by atoms with E-state index in [9.17, 15) is 14.0 Å². The van der Waals surface area contributed by atoms with E-state index in [-0.39, 0.29) is 28.7 Å². The Morgan fingerprint density at radius 2 is 1.73 bits per heavy atom. The van der Waals surface area contributed by atoms with E-state index in [2.05, 4.69) is 10.6 Å². The van der Waals surface area contributed by atoms with Gasteiger partial charge in [0.25, 0.3) is 5.91 Å². The van der Waals surface area contributed by atoms with Crippen LogP contribution in [0.1, 0.15) is 40.0 Å². The molecule has 168 valence electrons. The highest BCUT2D eigenvalue weighted by Gasteiger charge is 2.21. The number of amides is 1. The Bertz CT molecular complexity index is 1430. The van der Waals surface area contributed by atoms with Crippen LogP contribution in [0.4, 0.5) is 10.1 Å². The van der Waals surface area contributed by atoms with Crippen LogP contribution in [0.3, 0.4) is 0 Å². The summed E-state index contributed by atoms with van der Waals surface area (Å²) in [5.41, 5.74) is 3.60. The van der Waals surface area contributed by atoms with Crippen molar-refractivity contribution in [2.24, 2.45) is 0 Å². The maximum Gasteiger partial charge on any atom is 0.253 e. The minimum absolute atomic E-state index is 0.197. The lowest BCUT2D eigenvalue weighted by Gasteiger charge is -2.20. The van der Waals surface area contributed by atoms with Crippen LogP contribution < -0.4 is 16.1 Å². The van der Waals surface area contributed by atoms with E-state index in [4.69, 9.17) is 4.42 Å². The average molecular weight is 445 g/mol. The van der Waals surface area contributed by atoms with Crippen LogP contribution in [0, 0.1) is 19.7 Å². The maximum atomic E-state index is 14.5. The van der Waals surface area contributed by atoms with Crippen molar-refractivity contribution in [2.45, 2.75) is 26.8 Å². The number of anilines is 1. The molecule has 0 unspecified atom stereocenters. The summed E-state index contributed by atoms with van der Waals surface area (Å²) in [6, 6.07) is 16.9. The molecule has 0 spiro atoms. The molecule has 0 fully saturated rings. The second-order valence-corrected chi connectivity index (χ2v) is 8.09. The Kier molecular flexibility index (Phi) is 6.01. The summed E-state index contributed by atoms with van der Waals surface area (Å²) in [4.78, 5) is 25.5. The van der Waals surface area contributed by atoms with Crippen LogP contribution >= 0.6 is 0 Å². The van der Waals surface area contributed by atoms with Crippen molar-refractivity contribution in [1.82, 2.24) is 5.32 Å². The molecule has 4 aromatic rings. The molecule has 0 aliphatic heterocycles. The number of halogens is 1. The molecule has 0 radical (unpaired) electrons. The molecule has 0 aliphatic carbocycles. The lowest BCUT2D eigenvalue weighted by atomic mass is 9.98. The number of hydrogen-bond acceptors (Lipinski definition) is 4. The van der Waals surface area contributed by atoms with Crippen LogP contribution in [0.15, 0.2) is 69.9 Å². The normalized spacial score (nSPS) is 11.9. The fourth-order valence-electron chi connectivity index (χ4n) is 4.04. The van der Waals surface area contributed by atoms with E-state index in [0.717, 1.165) is 11.1 Å². The number of rotatable bonds is 5. The van der Waals surface area contributed by atoms with Crippen molar-refractivity contribution in [3.05, 3.63) is 99.0 Å². The van der Waals surface area contributed by atoms with E-state index < -0.39 is 5.82 Å². The predicted octanol–water partition coefficient (Wildman–Crippen LogP) is 5.75. The highest BCUT2D eigenvalue weighted by molar-refractivity contribution is 5.99. The zero-order valence-electron chi connectivity index (χ0n) is 19.0. The van der Waals surface area contributed by atoms with Crippen molar-refractivity contribution >= 4 is 22.6 Å². The average Bonchev–Trinajstić information content (AvgIpc) is 2.81. The van der Waals surface area contributed by atoms with Gasteiger partial charge < -0.3 is 15.1 Å². The molecule has 6 heteroatoms. The largest absolute Gasteiger partial charge is 0.455 e. The number of hydrogen-bond donors (Lipinski definition) is 2. The molecule has 33 heavy (non-hydrogen) atoms. The molecule has 1 atom stereocenters. The van der Waals surface area contributed by atoms with Gasteiger partial charge in [0.2, 0.25) is 0 Å². The van der Waals surface area contributed by atoms with Gasteiger partial charge in [0.1, 0.15) is 17.2 Å². The van der Waals surface area contributed by atoms with Crippen molar-refractivity contribution in [3.8, 4) is 11.3 Å². The Balaban J connectivity index is 1.89. The molecule has 0 bridgehead atoms. The van der Waals surface area contributed by atoms with Crippen LogP contribution in [0.25, 0.3) is 22.3 Å². The van der Waals surface area contributed by atoms with E-state index in [1.165, 1.54) is 6.07 Å². The van der Waals surface area contributed by atoms with Gasteiger partial charge in [-0.05, 0) is 56.7 Å². The molecule has 3 aromatic carbocycles. The summed E-state index contributed by atoms with van der Waals surface area (Å²) < 4.78 is 20.8. The molecular formula is C27H25FN2O3. The van der Waals surface area contributed by atoms with Gasteiger partial charge in [-0.1, -0.05) is 30.3 Å². The Morgan fingerprint density at radius 3 is 2.45 bits per heavy atom. The lowest BCUT2D eigenvalue weighted by Crippen LogP contribution is -2.20. The summed E-state index contributed by atoms with van der Waals surface area (Å²) in [6.07, 6.45) is 0. The van der Waals surface area contributed by atoms with E-state index in [1.54, 1.807) is 50.4 Å². The van der Waals surface area contributed by atoms with E-state index in [0.29, 0.717) is 27.8 Å². The van der Waals surface area contributed by atoms with Crippen LogP contribution in [0.2, 0.25) is 0 Å². The molecule has 1 heterocycles. The van der Waals surface area contributed by atoms with Gasteiger partial charge in [0, 0.05) is 23.9 Å². The second-order valence-electron chi connectivity index (χ2n) is 8.09. The number of aryl methyl sites for hydroxylation is 1. The second kappa shape index (κ2) is 8.90. The van der Waals surface area contributed by atoms with Gasteiger partial charge >= 0.3 is 0 Å². The smallest absolute Gasteiger partial charge is 0.253 e. The van der Waals surface area contributed by atoms with Gasteiger partial charge in [0.05, 0.1) is 22.6 Å². The van der Waals surface area contributed by atoms with Crippen LogP contribution in [0.5, 0.6) is 0 Å². The number of carbonyl (C=O) groups is 1. The summed E-state index contributed by atoms with van der Waals surface area (Å²) in [5.74, 6) is -0.445. The fraction of sp³-hybridized carbons (Fsp3) is 0.185. The number of fused-ring (bicyclic) bond motifs is 1. The topological polar surface area (TPSA) is 71.3 Å². The number of nitrogens with one attached hydrogen (secondary N) is 2. The lowest BCUT2D eigenvalue weighted by molar-refractivity contribution is 0.0964. The van der Waals surface area contributed by atoms with Gasteiger partial charge in [-0.25, -0.2) is 4.39 Å². The quantitative estimate of drug-likeness (QED) is 0.411. The first-order valence-electron chi connectivity index (χ1n) is 10.7. The molecule has 0 saturated heterocycles. The SMILES string of the molecule is CNC(=O)c1ccccc1N[C@H](C)c1cc(C)cc2c(=O)c(C)c(-c3ccccc3F)oc12. The van der Waals surface area contributed by atoms with Gasteiger partial charge in [-0.15, -0.1) is 0 Å². The molecule has 5 nitrogen and oxygen atoms in total. The van der Waals surface area contributed by atoms with Gasteiger partial charge in [0.15, 0.2) is 5.43 Å². The van der Waals surface area contributed by atoms with Crippen LogP contribution in [-0.2, 0) is 0 Å². The Labute approximate surface area is 191 Å². The monoisotopic (exact) mass is 444 g/mol. The maximum absolute atomic E-state index is 14.5. The van der Waals surface area contributed by atoms with Crippen molar-refractivity contribution in [2.75, 3.05) is 12.4 Å². The van der Waals surface area contributed by atoms with E-state index in [1.807, 2.05) is 32.0 Å². The van der Waals surface area contributed by atoms with Crippen LogP contribution in [-0.4, -0.2) is 13.0 Å². The van der Waals surface area contributed by atoms with Crippen molar-refractivity contribution < 1.29 is 13.6 Å². The minimum atomic E-state index is -0.456. The third-order valence-corrected chi connectivity index (χ3v) is 5.75. The molecule has 4 rings (SSSR count). The molecule has 1 aromatic heterocycles. The fourth-order valence-corrected chi connectivity index (χ4v) is 4.04. The Hall–Kier alpha value is -3.93. The number of benzene rings is 3. The predicted molar refractivity (Wildman–Crippen MR) is 129 cm³/mol. The highest BCUT2D eigenvalue weighted by Crippen LogP contribution is 2.33. The first-order chi connectivity index (χ1) is 15.8. The highest BCUT2D eigenvalue weighted by atomic mass is 19.1. The summed E-state index contributed by atoms with van der Waals surface area (Å²) in [7, 11) is 1.58. The van der Waals surface area contributed by atoms with Crippen molar-refractivity contribution in [3.63, 3.8) is 0 Å². The van der Waals surface area contributed by atoms with Crippen molar-refractivity contribution in [1.29, 1.82) is 0 Å². The molecule has 1 amide bonds. The molecule has 0 aliphatic rings. The van der Waals surface area contributed by atoms with E-state index >= 15 is 0 Å². The molecule has 0 saturated carbocycles. The zero-order valence-corrected chi connectivity index (χ0v) is 19.0. The molecule has 2 N–H and O–H groups in total. The number of carbonyl (C=O) groups excluding carboxylic acids is 1. The summed E-state index contributed by atoms with van der Waals surface area (Å²) in [6.45, 7) is 5.49. The zero-order chi connectivity index (χ0) is 23.7. The summed E-state index contributed by atoms with van der Waals surface area (Å²) >= 11 is 0. The standard InChI is InChI=1S/C27H25FN2O3/c1-15-13-20(17(3)30-23-12-8-6-10-19(23)27(32)29-4)26-21(14-15)24(31)16(2)25(33-26)18-9-5-7-11-22(18)28/h5-14,17,30H,1-4H3,(H,29,32)/t17-/m1/s1. The summed E-state index contributed by atoms with van der Waals surface area (Å²) in [5, 5.41) is 6.45. The third kappa shape index (κ3) is 4.12. The number of para-hydroxylation sites is 1. The van der Waals surface area contributed by atoms with Gasteiger partial charge in [-0.3, -0.25) is 9.59 Å². The first kappa shape index (κ1) is 22.3.